The molecule has 1 saturated carbocycles. The van der Waals surface area contributed by atoms with Crippen LogP contribution in [0.2, 0.25) is 0 Å². The van der Waals surface area contributed by atoms with E-state index < -0.39 is 0 Å². The number of ether oxygens (including phenoxy) is 1. The Hall–Kier alpha value is -1.39. The predicted molar refractivity (Wildman–Crippen MR) is 81.9 cm³/mol. The topological polar surface area (TPSA) is 55.6 Å². The molecule has 2 N–H and O–H groups in total. The van der Waals surface area contributed by atoms with Gasteiger partial charge in [-0.2, -0.15) is 0 Å². The molecule has 1 saturated heterocycles. The number of fused-ring (bicyclic) bond motifs is 1. The summed E-state index contributed by atoms with van der Waals surface area (Å²) in [7, 11) is 0. The van der Waals surface area contributed by atoms with Crippen LogP contribution in [-0.4, -0.2) is 42.6 Å². The van der Waals surface area contributed by atoms with E-state index in [0.717, 1.165) is 18.4 Å². The van der Waals surface area contributed by atoms with E-state index in [2.05, 4.69) is 0 Å². The summed E-state index contributed by atoms with van der Waals surface area (Å²) in [6, 6.07) is 10.1. The SMILES string of the molecule is NCC(C(=O)N1CCOC2CCCCC21)c1ccccc1. The molecule has 4 nitrogen and oxygen atoms in total. The van der Waals surface area contributed by atoms with E-state index in [9.17, 15) is 4.79 Å². The Kier molecular flexibility index (Phi) is 4.56. The van der Waals surface area contributed by atoms with Crippen LogP contribution < -0.4 is 5.73 Å². The van der Waals surface area contributed by atoms with Crippen LogP contribution in [0.3, 0.4) is 0 Å². The van der Waals surface area contributed by atoms with E-state index in [1.165, 1.54) is 12.8 Å². The summed E-state index contributed by atoms with van der Waals surface area (Å²) in [5.74, 6) is -0.0595. The monoisotopic (exact) mass is 288 g/mol. The number of hydrogen-bond donors (Lipinski definition) is 1. The van der Waals surface area contributed by atoms with Crippen molar-refractivity contribution in [2.24, 2.45) is 5.73 Å². The van der Waals surface area contributed by atoms with Gasteiger partial charge in [-0.05, 0) is 18.4 Å². The first-order chi connectivity index (χ1) is 10.3. The Bertz CT molecular complexity index is 475. The Balaban J connectivity index is 1.79. The van der Waals surface area contributed by atoms with Crippen LogP contribution in [0.1, 0.15) is 37.2 Å². The molecule has 1 aliphatic carbocycles. The number of carbonyl (C=O) groups is 1. The molecule has 2 aliphatic rings. The van der Waals surface area contributed by atoms with Gasteiger partial charge in [-0.1, -0.05) is 43.2 Å². The second-order valence-electron chi connectivity index (χ2n) is 5.99. The minimum Gasteiger partial charge on any atom is -0.374 e. The standard InChI is InChI=1S/C17H24N2O2/c18-12-14(13-6-2-1-3-7-13)17(20)19-10-11-21-16-9-5-4-8-15(16)19/h1-3,6-7,14-16H,4-5,8-12,18H2. The number of nitrogens with zero attached hydrogens (tertiary/aromatic N) is 1. The Morgan fingerprint density at radius 1 is 1.29 bits per heavy atom. The molecular formula is C17H24N2O2. The molecule has 1 amide bonds. The number of hydrogen-bond acceptors (Lipinski definition) is 3. The molecule has 3 unspecified atom stereocenters. The van der Waals surface area contributed by atoms with Crippen molar-refractivity contribution < 1.29 is 9.53 Å². The fraction of sp³-hybridized carbons (Fsp3) is 0.588. The molecule has 4 heteroatoms. The van der Waals surface area contributed by atoms with Gasteiger partial charge in [-0.25, -0.2) is 0 Å². The van der Waals surface area contributed by atoms with Gasteiger partial charge in [0.2, 0.25) is 5.91 Å². The van der Waals surface area contributed by atoms with Crippen LogP contribution >= 0.6 is 0 Å². The summed E-state index contributed by atoms with van der Waals surface area (Å²) >= 11 is 0. The molecule has 3 rings (SSSR count). The second kappa shape index (κ2) is 6.58. The zero-order valence-electron chi connectivity index (χ0n) is 12.4. The smallest absolute Gasteiger partial charge is 0.231 e. The molecule has 0 aromatic heterocycles. The van der Waals surface area contributed by atoms with Gasteiger partial charge < -0.3 is 15.4 Å². The fourth-order valence-corrected chi connectivity index (χ4v) is 3.64. The predicted octanol–water partition coefficient (Wildman–Crippen LogP) is 1.90. The third-order valence-electron chi connectivity index (χ3n) is 4.75. The molecule has 3 atom stereocenters. The molecule has 114 valence electrons. The lowest BCUT2D eigenvalue weighted by Gasteiger charge is -2.44. The molecule has 1 aromatic carbocycles. The minimum atomic E-state index is -0.230. The number of benzene rings is 1. The first kappa shape index (κ1) is 14.5. The average Bonchev–Trinajstić information content (AvgIpc) is 2.56. The van der Waals surface area contributed by atoms with Gasteiger partial charge in [0.1, 0.15) is 0 Å². The first-order valence-electron chi connectivity index (χ1n) is 7.98. The maximum atomic E-state index is 13.0. The number of nitrogens with two attached hydrogens (primary N) is 1. The summed E-state index contributed by atoms with van der Waals surface area (Å²) in [5, 5.41) is 0. The number of carbonyl (C=O) groups excluding carboxylic acids is 1. The molecule has 1 heterocycles. The summed E-state index contributed by atoms with van der Waals surface area (Å²) in [6.45, 7) is 1.71. The van der Waals surface area contributed by atoms with Crippen LogP contribution in [0.25, 0.3) is 0 Å². The molecule has 2 fully saturated rings. The van der Waals surface area contributed by atoms with E-state index in [1.54, 1.807) is 0 Å². The van der Waals surface area contributed by atoms with Crippen molar-refractivity contribution in [3.05, 3.63) is 35.9 Å². The van der Waals surface area contributed by atoms with E-state index in [0.29, 0.717) is 19.7 Å². The van der Waals surface area contributed by atoms with Crippen molar-refractivity contribution in [2.45, 2.75) is 43.7 Å². The van der Waals surface area contributed by atoms with Gasteiger partial charge in [0, 0.05) is 13.1 Å². The van der Waals surface area contributed by atoms with Crippen LogP contribution in [-0.2, 0) is 9.53 Å². The van der Waals surface area contributed by atoms with Gasteiger partial charge >= 0.3 is 0 Å². The van der Waals surface area contributed by atoms with Crippen molar-refractivity contribution in [2.75, 3.05) is 19.7 Å². The second-order valence-corrected chi connectivity index (χ2v) is 5.99. The van der Waals surface area contributed by atoms with Crippen LogP contribution in [0.4, 0.5) is 0 Å². The zero-order chi connectivity index (χ0) is 14.7. The van der Waals surface area contributed by atoms with Crippen molar-refractivity contribution in [3.8, 4) is 0 Å². The van der Waals surface area contributed by atoms with Crippen LogP contribution in [0.5, 0.6) is 0 Å². The summed E-state index contributed by atoms with van der Waals surface area (Å²) < 4.78 is 5.86. The third-order valence-corrected chi connectivity index (χ3v) is 4.75. The van der Waals surface area contributed by atoms with Crippen LogP contribution in [0, 0.1) is 0 Å². The van der Waals surface area contributed by atoms with Gasteiger partial charge in [-0.15, -0.1) is 0 Å². The lowest BCUT2D eigenvalue weighted by atomic mass is 9.88. The molecule has 1 aliphatic heterocycles. The lowest BCUT2D eigenvalue weighted by Crippen LogP contribution is -2.56. The maximum Gasteiger partial charge on any atom is 0.231 e. The van der Waals surface area contributed by atoms with Crippen LogP contribution in [0.15, 0.2) is 30.3 Å². The highest BCUT2D eigenvalue weighted by Gasteiger charge is 2.38. The summed E-state index contributed by atoms with van der Waals surface area (Å²) in [5.41, 5.74) is 6.92. The molecule has 0 spiro atoms. The summed E-state index contributed by atoms with van der Waals surface area (Å²) in [6.07, 6.45) is 4.76. The average molecular weight is 288 g/mol. The highest BCUT2D eigenvalue weighted by Crippen LogP contribution is 2.30. The molecular weight excluding hydrogens is 264 g/mol. The van der Waals surface area contributed by atoms with Crippen molar-refractivity contribution in [1.82, 2.24) is 4.90 Å². The van der Waals surface area contributed by atoms with Gasteiger partial charge in [0.15, 0.2) is 0 Å². The van der Waals surface area contributed by atoms with Gasteiger partial charge in [-0.3, -0.25) is 4.79 Å². The number of morpholine rings is 1. The number of rotatable bonds is 3. The van der Waals surface area contributed by atoms with E-state index in [1.807, 2.05) is 35.2 Å². The molecule has 0 radical (unpaired) electrons. The van der Waals surface area contributed by atoms with Crippen molar-refractivity contribution in [3.63, 3.8) is 0 Å². The quantitative estimate of drug-likeness (QED) is 0.924. The summed E-state index contributed by atoms with van der Waals surface area (Å²) in [4.78, 5) is 15.0. The Morgan fingerprint density at radius 3 is 2.81 bits per heavy atom. The van der Waals surface area contributed by atoms with E-state index in [4.69, 9.17) is 10.5 Å². The fourth-order valence-electron chi connectivity index (χ4n) is 3.64. The Morgan fingerprint density at radius 2 is 2.05 bits per heavy atom. The zero-order valence-corrected chi connectivity index (χ0v) is 12.4. The number of amides is 1. The lowest BCUT2D eigenvalue weighted by molar-refractivity contribution is -0.150. The third kappa shape index (κ3) is 2.97. The first-order valence-corrected chi connectivity index (χ1v) is 7.98. The normalized spacial score (nSPS) is 27.0. The van der Waals surface area contributed by atoms with Gasteiger partial charge in [0.25, 0.3) is 0 Å². The van der Waals surface area contributed by atoms with E-state index >= 15 is 0 Å². The largest absolute Gasteiger partial charge is 0.374 e. The van der Waals surface area contributed by atoms with Crippen molar-refractivity contribution >= 4 is 5.91 Å². The molecule has 1 aromatic rings. The van der Waals surface area contributed by atoms with E-state index in [-0.39, 0.29) is 24.0 Å². The van der Waals surface area contributed by atoms with Gasteiger partial charge in [0.05, 0.1) is 24.7 Å². The highest BCUT2D eigenvalue weighted by atomic mass is 16.5. The molecule has 0 bridgehead atoms. The highest BCUT2D eigenvalue weighted by molar-refractivity contribution is 5.84. The van der Waals surface area contributed by atoms with Crippen molar-refractivity contribution in [1.29, 1.82) is 0 Å². The molecule has 21 heavy (non-hydrogen) atoms. The minimum absolute atomic E-state index is 0.170. The Labute approximate surface area is 126 Å². The maximum absolute atomic E-state index is 13.0.